The van der Waals surface area contributed by atoms with E-state index in [-0.39, 0.29) is 12.6 Å². The lowest BCUT2D eigenvalue weighted by molar-refractivity contribution is -0.146. The van der Waals surface area contributed by atoms with Gasteiger partial charge in [0.25, 0.3) is 0 Å². The van der Waals surface area contributed by atoms with Crippen molar-refractivity contribution >= 4 is 5.97 Å². The largest absolute Gasteiger partial charge is 0.487 e. The number of allylic oxidation sites excluding steroid dienone is 4. The van der Waals surface area contributed by atoms with E-state index in [4.69, 9.17) is 9.47 Å². The van der Waals surface area contributed by atoms with Gasteiger partial charge in [0.1, 0.15) is 6.61 Å². The zero-order valence-electron chi connectivity index (χ0n) is 11.9. The van der Waals surface area contributed by atoms with Crippen molar-refractivity contribution < 1.29 is 14.3 Å². The van der Waals surface area contributed by atoms with Gasteiger partial charge in [-0.1, -0.05) is 32.1 Å². The van der Waals surface area contributed by atoms with E-state index in [0.717, 1.165) is 24.2 Å². The standard InChI is InChI=1S/C13H18O3.C2H6/c1-3-11(2)15-10-13(14)16-9-12-7-5-4-6-8-12;1-2/h3,5,7-8H,4,6,9-10H2,1-2H3;1-2H3/b11-3+;. The predicted octanol–water partition coefficient (Wildman–Crippen LogP) is 3.77. The van der Waals surface area contributed by atoms with Crippen molar-refractivity contribution in [3.63, 3.8) is 0 Å². The third kappa shape index (κ3) is 7.71. The second kappa shape index (κ2) is 10.6. The molecular formula is C15H24O3. The lowest BCUT2D eigenvalue weighted by Crippen LogP contribution is -2.13. The Balaban J connectivity index is 0.00000137. The normalized spacial score (nSPS) is 14.2. The van der Waals surface area contributed by atoms with E-state index in [1.165, 1.54) is 0 Å². The molecule has 0 spiro atoms. The summed E-state index contributed by atoms with van der Waals surface area (Å²) in [4.78, 5) is 11.3. The molecule has 0 amide bonds. The van der Waals surface area contributed by atoms with E-state index < -0.39 is 0 Å². The van der Waals surface area contributed by atoms with Crippen LogP contribution in [-0.4, -0.2) is 19.2 Å². The molecule has 0 saturated heterocycles. The summed E-state index contributed by atoms with van der Waals surface area (Å²) in [5.74, 6) is 0.398. The van der Waals surface area contributed by atoms with Crippen LogP contribution in [0.1, 0.15) is 40.5 Å². The van der Waals surface area contributed by atoms with Gasteiger partial charge in [-0.2, -0.15) is 0 Å². The number of carbonyl (C=O) groups excluding carboxylic acids is 1. The minimum atomic E-state index is -0.332. The molecule has 0 aromatic rings. The van der Waals surface area contributed by atoms with E-state index in [1.807, 2.05) is 26.8 Å². The van der Waals surface area contributed by atoms with Gasteiger partial charge in [-0.3, -0.25) is 0 Å². The predicted molar refractivity (Wildman–Crippen MR) is 74.1 cm³/mol. The van der Waals surface area contributed by atoms with Crippen molar-refractivity contribution in [3.05, 3.63) is 35.6 Å². The molecule has 1 rings (SSSR count). The summed E-state index contributed by atoms with van der Waals surface area (Å²) in [6, 6.07) is 0. The number of rotatable bonds is 5. The third-order valence-corrected chi connectivity index (χ3v) is 2.30. The summed E-state index contributed by atoms with van der Waals surface area (Å²) in [6.45, 7) is 7.98. The molecular weight excluding hydrogens is 228 g/mol. The Bertz CT molecular complexity index is 325. The van der Waals surface area contributed by atoms with Crippen LogP contribution in [0.25, 0.3) is 0 Å². The molecule has 0 aromatic carbocycles. The Kier molecular flexibility index (Phi) is 9.74. The van der Waals surface area contributed by atoms with Gasteiger partial charge in [-0.05, 0) is 38.3 Å². The molecule has 3 heteroatoms. The highest BCUT2D eigenvalue weighted by Crippen LogP contribution is 2.09. The first-order chi connectivity index (χ1) is 8.72. The summed E-state index contributed by atoms with van der Waals surface area (Å²) in [6.07, 6.45) is 10.1. The van der Waals surface area contributed by atoms with E-state index in [9.17, 15) is 4.79 Å². The number of hydrogen-bond acceptors (Lipinski definition) is 3. The lowest BCUT2D eigenvalue weighted by atomic mass is 10.1. The van der Waals surface area contributed by atoms with Gasteiger partial charge >= 0.3 is 5.97 Å². The lowest BCUT2D eigenvalue weighted by Gasteiger charge is -2.09. The Morgan fingerprint density at radius 2 is 2.06 bits per heavy atom. The molecule has 0 radical (unpaired) electrons. The second-order valence-corrected chi connectivity index (χ2v) is 3.61. The number of hydrogen-bond donors (Lipinski definition) is 0. The smallest absolute Gasteiger partial charge is 0.344 e. The minimum Gasteiger partial charge on any atom is -0.487 e. The molecule has 18 heavy (non-hydrogen) atoms. The van der Waals surface area contributed by atoms with E-state index in [0.29, 0.717) is 6.61 Å². The zero-order chi connectivity index (χ0) is 13.8. The second-order valence-electron chi connectivity index (χ2n) is 3.61. The van der Waals surface area contributed by atoms with Crippen LogP contribution in [0.2, 0.25) is 0 Å². The average Bonchev–Trinajstić information content (AvgIpc) is 2.45. The molecule has 0 N–H and O–H groups in total. The van der Waals surface area contributed by atoms with Crippen LogP contribution in [-0.2, 0) is 14.3 Å². The maximum atomic E-state index is 11.3. The van der Waals surface area contributed by atoms with E-state index >= 15 is 0 Å². The van der Waals surface area contributed by atoms with Crippen LogP contribution in [0.4, 0.5) is 0 Å². The summed E-state index contributed by atoms with van der Waals surface area (Å²) in [7, 11) is 0. The number of carbonyl (C=O) groups is 1. The zero-order valence-corrected chi connectivity index (χ0v) is 11.9. The summed E-state index contributed by atoms with van der Waals surface area (Å²) in [5, 5.41) is 0. The fourth-order valence-corrected chi connectivity index (χ4v) is 1.24. The van der Waals surface area contributed by atoms with Crippen molar-refractivity contribution in [3.8, 4) is 0 Å². The molecule has 1 aliphatic rings. The molecule has 1 aliphatic carbocycles. The molecule has 0 atom stereocenters. The van der Waals surface area contributed by atoms with E-state index in [2.05, 4.69) is 12.2 Å². The highest BCUT2D eigenvalue weighted by Gasteiger charge is 2.05. The number of esters is 1. The molecule has 102 valence electrons. The van der Waals surface area contributed by atoms with Gasteiger partial charge < -0.3 is 9.47 Å². The fraction of sp³-hybridized carbons (Fsp3) is 0.533. The SMILES string of the molecule is C/C=C(\C)OCC(=O)OCC1=CCCC=C1.CC. The van der Waals surface area contributed by atoms with Crippen molar-refractivity contribution in [1.82, 2.24) is 0 Å². The summed E-state index contributed by atoms with van der Waals surface area (Å²) >= 11 is 0. The molecule has 0 aromatic heterocycles. The van der Waals surface area contributed by atoms with Crippen molar-refractivity contribution in [2.45, 2.75) is 40.5 Å². The Hall–Kier alpha value is -1.51. The highest BCUT2D eigenvalue weighted by molar-refractivity contribution is 5.71. The van der Waals surface area contributed by atoms with Gasteiger partial charge in [-0.15, -0.1) is 0 Å². The first kappa shape index (κ1) is 16.5. The quantitative estimate of drug-likeness (QED) is 0.552. The number of ether oxygens (including phenoxy) is 2. The van der Waals surface area contributed by atoms with Gasteiger partial charge in [-0.25, -0.2) is 4.79 Å². The third-order valence-electron chi connectivity index (χ3n) is 2.30. The summed E-state index contributed by atoms with van der Waals surface area (Å²) in [5.41, 5.74) is 1.06. The van der Waals surface area contributed by atoms with Crippen LogP contribution < -0.4 is 0 Å². The first-order valence-corrected chi connectivity index (χ1v) is 6.49. The van der Waals surface area contributed by atoms with Crippen molar-refractivity contribution in [2.75, 3.05) is 13.2 Å². The van der Waals surface area contributed by atoms with Crippen molar-refractivity contribution in [1.29, 1.82) is 0 Å². The van der Waals surface area contributed by atoms with Gasteiger partial charge in [0, 0.05) is 0 Å². The molecule has 0 fully saturated rings. The topological polar surface area (TPSA) is 35.5 Å². The highest BCUT2D eigenvalue weighted by atomic mass is 16.6. The monoisotopic (exact) mass is 252 g/mol. The fourth-order valence-electron chi connectivity index (χ4n) is 1.24. The minimum absolute atomic E-state index is 0.0207. The first-order valence-electron chi connectivity index (χ1n) is 6.49. The van der Waals surface area contributed by atoms with Gasteiger partial charge in [0.05, 0.1) is 5.76 Å². The molecule has 0 heterocycles. The Morgan fingerprint density at radius 3 is 2.61 bits per heavy atom. The van der Waals surface area contributed by atoms with Crippen LogP contribution in [0.15, 0.2) is 35.6 Å². The van der Waals surface area contributed by atoms with Crippen molar-refractivity contribution in [2.24, 2.45) is 0 Å². The molecule has 0 unspecified atom stereocenters. The Labute approximate surface area is 110 Å². The maximum absolute atomic E-state index is 11.3. The van der Waals surface area contributed by atoms with Gasteiger partial charge in [0.15, 0.2) is 6.61 Å². The van der Waals surface area contributed by atoms with Gasteiger partial charge in [0.2, 0.25) is 0 Å². The van der Waals surface area contributed by atoms with Crippen LogP contribution in [0, 0.1) is 0 Å². The Morgan fingerprint density at radius 1 is 1.33 bits per heavy atom. The molecule has 0 bridgehead atoms. The van der Waals surface area contributed by atoms with Crippen LogP contribution >= 0.6 is 0 Å². The molecule has 0 saturated carbocycles. The van der Waals surface area contributed by atoms with Crippen LogP contribution in [0.5, 0.6) is 0 Å². The maximum Gasteiger partial charge on any atom is 0.344 e. The average molecular weight is 252 g/mol. The summed E-state index contributed by atoms with van der Waals surface area (Å²) < 4.78 is 10.2. The van der Waals surface area contributed by atoms with Crippen LogP contribution in [0.3, 0.4) is 0 Å². The molecule has 0 aliphatic heterocycles. The van der Waals surface area contributed by atoms with E-state index in [1.54, 1.807) is 13.0 Å². The molecule has 3 nitrogen and oxygen atoms in total.